The van der Waals surface area contributed by atoms with Crippen molar-refractivity contribution < 1.29 is 14.4 Å². The molecule has 0 aromatic rings. The average molecular weight is 178 g/mol. The van der Waals surface area contributed by atoms with E-state index in [1.54, 1.807) is 13.8 Å². The van der Waals surface area contributed by atoms with E-state index in [0.717, 1.165) is 17.7 Å². The minimum Gasteiger partial charge on any atom is -0.361 e. The van der Waals surface area contributed by atoms with E-state index in [2.05, 4.69) is 4.79 Å². The lowest BCUT2D eigenvalue weighted by Crippen LogP contribution is -2.09. The van der Waals surface area contributed by atoms with Crippen LogP contribution >= 0.6 is 0 Å². The number of nitrogens with zero attached hydrogens (tertiary/aromatic N) is 2. The van der Waals surface area contributed by atoms with E-state index in [4.69, 9.17) is 5.53 Å². The van der Waals surface area contributed by atoms with E-state index in [0.29, 0.717) is 6.29 Å². The van der Waals surface area contributed by atoms with Crippen molar-refractivity contribution in [2.75, 3.05) is 0 Å². The molecular formula is C9H10N2O2. The molecule has 0 N–H and O–H groups in total. The van der Waals surface area contributed by atoms with Gasteiger partial charge in [0.2, 0.25) is 0 Å². The minimum absolute atomic E-state index is 0.159. The Balaban J connectivity index is 4.73. The second-order valence-corrected chi connectivity index (χ2v) is 2.57. The van der Waals surface area contributed by atoms with E-state index in [1.807, 2.05) is 0 Å². The van der Waals surface area contributed by atoms with Gasteiger partial charge >= 0.3 is 5.71 Å². The maximum absolute atomic E-state index is 11.2. The Morgan fingerprint density at radius 2 is 2.00 bits per heavy atom. The van der Waals surface area contributed by atoms with E-state index in [-0.39, 0.29) is 5.71 Å². The maximum atomic E-state index is 11.2. The van der Waals surface area contributed by atoms with E-state index < -0.39 is 5.78 Å². The molecule has 0 aromatic carbocycles. The monoisotopic (exact) mass is 178 g/mol. The highest BCUT2D eigenvalue weighted by atomic mass is 16.1. The molecule has 0 radical (unpaired) electrons. The van der Waals surface area contributed by atoms with Crippen LogP contribution in [0.4, 0.5) is 0 Å². The molecule has 13 heavy (non-hydrogen) atoms. The van der Waals surface area contributed by atoms with Crippen molar-refractivity contribution in [3.05, 3.63) is 29.3 Å². The van der Waals surface area contributed by atoms with Gasteiger partial charge in [0.25, 0.3) is 5.78 Å². The van der Waals surface area contributed by atoms with Gasteiger partial charge in [-0.15, -0.1) is 0 Å². The van der Waals surface area contributed by atoms with Gasteiger partial charge in [-0.2, -0.15) is 4.79 Å². The van der Waals surface area contributed by atoms with Crippen molar-refractivity contribution in [1.29, 1.82) is 0 Å². The van der Waals surface area contributed by atoms with Crippen LogP contribution in [0, 0.1) is 0 Å². The molecule has 68 valence electrons. The standard InChI is InChI=1S/C9H10N2O2/c1-7(2)6-9(13)8(11-10)4-3-5-12/h3-6H,1-2H3/b4-3+. The van der Waals surface area contributed by atoms with Crippen LogP contribution in [0.5, 0.6) is 0 Å². The summed E-state index contributed by atoms with van der Waals surface area (Å²) >= 11 is 0. The molecule has 0 aliphatic heterocycles. The van der Waals surface area contributed by atoms with E-state index in [1.165, 1.54) is 6.08 Å². The van der Waals surface area contributed by atoms with Crippen LogP contribution in [0.3, 0.4) is 0 Å². The molecule has 0 aliphatic carbocycles. The fourth-order valence-corrected chi connectivity index (χ4v) is 0.631. The lowest BCUT2D eigenvalue weighted by molar-refractivity contribution is -0.112. The summed E-state index contributed by atoms with van der Waals surface area (Å²) in [7, 11) is 0. The summed E-state index contributed by atoms with van der Waals surface area (Å²) in [5.41, 5.74) is 9.04. The molecule has 0 spiro atoms. The van der Waals surface area contributed by atoms with Gasteiger partial charge < -0.3 is 5.53 Å². The summed E-state index contributed by atoms with van der Waals surface area (Å²) in [6, 6.07) is 0. The molecule has 0 atom stereocenters. The van der Waals surface area contributed by atoms with Gasteiger partial charge in [-0.1, -0.05) is 5.57 Å². The quantitative estimate of drug-likeness (QED) is 0.211. The fourth-order valence-electron chi connectivity index (χ4n) is 0.631. The van der Waals surface area contributed by atoms with Crippen molar-refractivity contribution in [3.8, 4) is 0 Å². The number of carbonyl (C=O) groups excluding carboxylic acids is 2. The van der Waals surface area contributed by atoms with Crippen LogP contribution in [-0.4, -0.2) is 22.6 Å². The highest BCUT2D eigenvalue weighted by Crippen LogP contribution is 1.91. The predicted octanol–water partition coefficient (Wildman–Crippen LogP) is 0.948. The zero-order chi connectivity index (χ0) is 10.3. The summed E-state index contributed by atoms with van der Waals surface area (Å²) in [4.78, 5) is 23.8. The van der Waals surface area contributed by atoms with Crippen LogP contribution < -0.4 is 0 Å². The molecule has 0 heterocycles. The normalized spacial score (nSPS) is 9.08. The smallest absolute Gasteiger partial charge is 0.361 e. The molecule has 0 unspecified atom stereocenters. The molecular weight excluding hydrogens is 168 g/mol. The average Bonchev–Trinajstić information content (AvgIpc) is 2.04. The molecule has 0 amide bonds. The number of hydrogen-bond donors (Lipinski definition) is 0. The topological polar surface area (TPSA) is 70.5 Å². The number of hydrogen-bond acceptors (Lipinski definition) is 2. The fraction of sp³-hybridized carbons (Fsp3) is 0.222. The predicted molar refractivity (Wildman–Crippen MR) is 48.3 cm³/mol. The second-order valence-electron chi connectivity index (χ2n) is 2.57. The first kappa shape index (κ1) is 11.2. The Labute approximate surface area is 76.2 Å². The van der Waals surface area contributed by atoms with Crippen molar-refractivity contribution >= 4 is 17.8 Å². The first-order chi connectivity index (χ1) is 6.11. The Morgan fingerprint density at radius 1 is 1.38 bits per heavy atom. The third-order valence-electron chi connectivity index (χ3n) is 1.11. The number of carbonyl (C=O) groups is 2. The van der Waals surface area contributed by atoms with Gasteiger partial charge in [-0.3, -0.25) is 9.59 Å². The zero-order valence-corrected chi connectivity index (χ0v) is 7.52. The third-order valence-corrected chi connectivity index (χ3v) is 1.11. The number of rotatable bonds is 4. The highest BCUT2D eigenvalue weighted by Gasteiger charge is 2.12. The second kappa shape index (κ2) is 5.80. The maximum Gasteiger partial charge on any atom is 0.362 e. The first-order valence-corrected chi connectivity index (χ1v) is 3.65. The van der Waals surface area contributed by atoms with Crippen LogP contribution in [0.1, 0.15) is 13.8 Å². The minimum atomic E-state index is -0.430. The molecule has 0 fully saturated rings. The van der Waals surface area contributed by atoms with E-state index in [9.17, 15) is 9.59 Å². The van der Waals surface area contributed by atoms with Gasteiger partial charge in [0.1, 0.15) is 6.29 Å². The van der Waals surface area contributed by atoms with Gasteiger partial charge in [-0.25, -0.2) is 0 Å². The largest absolute Gasteiger partial charge is 0.362 e. The summed E-state index contributed by atoms with van der Waals surface area (Å²) in [6.45, 7) is 3.49. The molecule has 4 nitrogen and oxygen atoms in total. The summed E-state index contributed by atoms with van der Waals surface area (Å²) < 4.78 is 0. The molecule has 0 bridgehead atoms. The van der Waals surface area contributed by atoms with Crippen molar-refractivity contribution in [1.82, 2.24) is 0 Å². The lowest BCUT2D eigenvalue weighted by Gasteiger charge is -1.84. The van der Waals surface area contributed by atoms with Gasteiger partial charge in [0, 0.05) is 6.08 Å². The Bertz CT molecular complexity index is 317. The third kappa shape index (κ3) is 4.61. The summed E-state index contributed by atoms with van der Waals surface area (Å²) in [5, 5.41) is 0. The molecule has 4 heteroatoms. The Hall–Kier alpha value is -1.80. The summed E-state index contributed by atoms with van der Waals surface area (Å²) in [5.74, 6) is -0.430. The lowest BCUT2D eigenvalue weighted by atomic mass is 10.2. The first-order valence-electron chi connectivity index (χ1n) is 3.65. The van der Waals surface area contributed by atoms with Crippen LogP contribution in [0.25, 0.3) is 5.53 Å². The van der Waals surface area contributed by atoms with Crippen molar-refractivity contribution in [2.24, 2.45) is 0 Å². The molecule has 0 rings (SSSR count). The SMILES string of the molecule is CC(C)=CC(=O)C(/C=C/C=O)=[N+]=[N-]. The molecule has 0 saturated heterocycles. The highest BCUT2D eigenvalue weighted by molar-refractivity contribution is 6.46. The van der Waals surface area contributed by atoms with Crippen LogP contribution in [-0.2, 0) is 9.59 Å². The van der Waals surface area contributed by atoms with Gasteiger partial charge in [0.05, 0.1) is 0 Å². The van der Waals surface area contributed by atoms with Crippen molar-refractivity contribution in [3.63, 3.8) is 0 Å². The Morgan fingerprint density at radius 3 is 2.38 bits per heavy atom. The molecule has 0 saturated carbocycles. The Kier molecular flexibility index (Phi) is 5.00. The molecule has 0 aromatic heterocycles. The van der Waals surface area contributed by atoms with Crippen LogP contribution in [0.2, 0.25) is 0 Å². The summed E-state index contributed by atoms with van der Waals surface area (Å²) in [6.07, 6.45) is 4.06. The van der Waals surface area contributed by atoms with Crippen LogP contribution in [0.15, 0.2) is 23.8 Å². The van der Waals surface area contributed by atoms with Gasteiger partial charge in [-0.05, 0) is 26.0 Å². The van der Waals surface area contributed by atoms with E-state index >= 15 is 0 Å². The number of aldehydes is 1. The zero-order valence-electron chi connectivity index (χ0n) is 7.52. The molecule has 0 aliphatic rings. The number of ketones is 1. The van der Waals surface area contributed by atoms with Crippen molar-refractivity contribution in [2.45, 2.75) is 13.8 Å². The van der Waals surface area contributed by atoms with Gasteiger partial charge in [0.15, 0.2) is 0 Å². The number of allylic oxidation sites excluding steroid dienone is 4.